The average Bonchev–Trinajstić information content (AvgIpc) is 2.24. The predicted octanol–water partition coefficient (Wildman–Crippen LogP) is 3.32. The molecule has 16 heavy (non-hydrogen) atoms. The minimum atomic E-state index is -0.439. The van der Waals surface area contributed by atoms with Gasteiger partial charge in [0.15, 0.2) is 0 Å². The fourth-order valence-electron chi connectivity index (χ4n) is 1.25. The van der Waals surface area contributed by atoms with Crippen LogP contribution in [-0.2, 0) is 0 Å². The number of aryl methyl sites for hydroxylation is 1. The molecule has 2 aromatic rings. The summed E-state index contributed by atoms with van der Waals surface area (Å²) in [4.78, 5) is 8.14. The molecular formula is C11H9ClFN3. The summed E-state index contributed by atoms with van der Waals surface area (Å²) in [5.41, 5.74) is 0.685. The van der Waals surface area contributed by atoms with Gasteiger partial charge >= 0.3 is 0 Å². The van der Waals surface area contributed by atoms with Gasteiger partial charge in [0, 0.05) is 11.9 Å². The van der Waals surface area contributed by atoms with Crippen molar-refractivity contribution in [1.29, 1.82) is 0 Å². The SMILES string of the molecule is Cc1nccc(Nc2ccc(F)c(Cl)c2)n1. The molecule has 5 heteroatoms. The monoisotopic (exact) mass is 237 g/mol. The first-order valence-corrected chi connectivity index (χ1v) is 5.04. The number of halogens is 2. The van der Waals surface area contributed by atoms with Crippen LogP contribution in [0.2, 0.25) is 5.02 Å². The molecule has 0 atom stereocenters. The van der Waals surface area contributed by atoms with E-state index in [0.717, 1.165) is 0 Å². The van der Waals surface area contributed by atoms with Crippen LogP contribution in [0.25, 0.3) is 0 Å². The van der Waals surface area contributed by atoms with E-state index in [1.54, 1.807) is 25.3 Å². The minimum absolute atomic E-state index is 0.0794. The number of hydrogen-bond donors (Lipinski definition) is 1. The van der Waals surface area contributed by atoms with Crippen molar-refractivity contribution in [2.75, 3.05) is 5.32 Å². The summed E-state index contributed by atoms with van der Waals surface area (Å²) < 4.78 is 12.9. The van der Waals surface area contributed by atoms with Crippen LogP contribution in [0, 0.1) is 12.7 Å². The van der Waals surface area contributed by atoms with Crippen LogP contribution < -0.4 is 5.32 Å². The summed E-state index contributed by atoms with van der Waals surface area (Å²) in [5.74, 6) is 0.875. The number of nitrogens with one attached hydrogen (secondary N) is 1. The lowest BCUT2D eigenvalue weighted by Crippen LogP contribution is -1.96. The van der Waals surface area contributed by atoms with Gasteiger partial charge in [-0.2, -0.15) is 0 Å². The van der Waals surface area contributed by atoms with Crippen LogP contribution in [0.15, 0.2) is 30.5 Å². The van der Waals surface area contributed by atoms with Crippen molar-refractivity contribution in [2.24, 2.45) is 0 Å². The molecule has 3 nitrogen and oxygen atoms in total. The Kier molecular flexibility index (Phi) is 3.01. The molecule has 1 aromatic heterocycles. The molecule has 0 fully saturated rings. The largest absolute Gasteiger partial charge is 0.340 e. The van der Waals surface area contributed by atoms with Gasteiger partial charge in [0.25, 0.3) is 0 Å². The second-order valence-electron chi connectivity index (χ2n) is 3.24. The first-order valence-electron chi connectivity index (χ1n) is 4.67. The van der Waals surface area contributed by atoms with Gasteiger partial charge in [-0.15, -0.1) is 0 Å². The first kappa shape index (κ1) is 10.8. The van der Waals surface area contributed by atoms with Gasteiger partial charge in [-0.1, -0.05) is 11.6 Å². The van der Waals surface area contributed by atoms with E-state index in [1.807, 2.05) is 0 Å². The minimum Gasteiger partial charge on any atom is -0.340 e. The van der Waals surface area contributed by atoms with Crippen molar-refractivity contribution >= 4 is 23.1 Å². The van der Waals surface area contributed by atoms with Crippen LogP contribution in [0.4, 0.5) is 15.9 Å². The van der Waals surface area contributed by atoms with Gasteiger partial charge in [0.2, 0.25) is 0 Å². The second kappa shape index (κ2) is 4.45. The highest BCUT2D eigenvalue weighted by Gasteiger charge is 2.01. The van der Waals surface area contributed by atoms with Gasteiger partial charge < -0.3 is 5.32 Å². The summed E-state index contributed by atoms with van der Waals surface area (Å²) in [6.45, 7) is 1.79. The topological polar surface area (TPSA) is 37.8 Å². The molecule has 82 valence electrons. The maximum Gasteiger partial charge on any atom is 0.141 e. The predicted molar refractivity (Wildman–Crippen MR) is 61.5 cm³/mol. The number of rotatable bonds is 2. The molecule has 0 aliphatic heterocycles. The molecule has 0 amide bonds. The molecule has 0 saturated carbocycles. The second-order valence-corrected chi connectivity index (χ2v) is 3.65. The van der Waals surface area contributed by atoms with E-state index in [4.69, 9.17) is 11.6 Å². The molecule has 0 bridgehead atoms. The lowest BCUT2D eigenvalue weighted by atomic mass is 10.3. The molecule has 2 rings (SSSR count). The summed E-state index contributed by atoms with van der Waals surface area (Å²) >= 11 is 5.66. The average molecular weight is 238 g/mol. The Morgan fingerprint density at radius 1 is 1.31 bits per heavy atom. The third-order valence-electron chi connectivity index (χ3n) is 1.97. The zero-order chi connectivity index (χ0) is 11.5. The van der Waals surface area contributed by atoms with Crippen molar-refractivity contribution in [3.8, 4) is 0 Å². The van der Waals surface area contributed by atoms with Crippen molar-refractivity contribution in [2.45, 2.75) is 6.92 Å². The zero-order valence-electron chi connectivity index (χ0n) is 8.54. The fourth-order valence-corrected chi connectivity index (χ4v) is 1.43. The Hall–Kier alpha value is -1.68. The molecule has 0 aliphatic carbocycles. The molecule has 1 aromatic carbocycles. The van der Waals surface area contributed by atoms with E-state index in [2.05, 4.69) is 15.3 Å². The van der Waals surface area contributed by atoms with Crippen LogP contribution in [-0.4, -0.2) is 9.97 Å². The number of benzene rings is 1. The van der Waals surface area contributed by atoms with Crippen LogP contribution >= 0.6 is 11.6 Å². The maximum absolute atomic E-state index is 12.9. The van der Waals surface area contributed by atoms with Gasteiger partial charge in [-0.3, -0.25) is 0 Å². The van der Waals surface area contributed by atoms with E-state index >= 15 is 0 Å². The lowest BCUT2D eigenvalue weighted by molar-refractivity contribution is 0.628. The maximum atomic E-state index is 12.9. The number of anilines is 2. The molecule has 1 N–H and O–H groups in total. The normalized spacial score (nSPS) is 10.2. The molecule has 0 radical (unpaired) electrons. The summed E-state index contributed by atoms with van der Waals surface area (Å²) in [6, 6.07) is 6.13. The van der Waals surface area contributed by atoms with E-state index in [0.29, 0.717) is 17.3 Å². The Morgan fingerprint density at radius 2 is 2.12 bits per heavy atom. The van der Waals surface area contributed by atoms with E-state index in [1.165, 1.54) is 12.1 Å². The Morgan fingerprint density at radius 3 is 2.81 bits per heavy atom. The Balaban J connectivity index is 2.24. The van der Waals surface area contributed by atoms with Crippen molar-refractivity contribution < 1.29 is 4.39 Å². The highest BCUT2D eigenvalue weighted by Crippen LogP contribution is 2.21. The summed E-state index contributed by atoms with van der Waals surface area (Å²) in [5, 5.41) is 3.09. The smallest absolute Gasteiger partial charge is 0.141 e. The van der Waals surface area contributed by atoms with Gasteiger partial charge in [-0.25, -0.2) is 14.4 Å². The lowest BCUT2D eigenvalue weighted by Gasteiger charge is -2.06. The Bertz CT molecular complexity index is 516. The van der Waals surface area contributed by atoms with Crippen LogP contribution in [0.5, 0.6) is 0 Å². The van der Waals surface area contributed by atoms with Gasteiger partial charge in [0.05, 0.1) is 5.02 Å². The van der Waals surface area contributed by atoms with E-state index in [-0.39, 0.29) is 5.02 Å². The fraction of sp³-hybridized carbons (Fsp3) is 0.0909. The molecular weight excluding hydrogens is 229 g/mol. The van der Waals surface area contributed by atoms with Crippen molar-refractivity contribution in [3.05, 3.63) is 47.1 Å². The van der Waals surface area contributed by atoms with Gasteiger partial charge in [-0.05, 0) is 31.2 Å². The van der Waals surface area contributed by atoms with Crippen molar-refractivity contribution in [1.82, 2.24) is 9.97 Å². The van der Waals surface area contributed by atoms with E-state index in [9.17, 15) is 4.39 Å². The quantitative estimate of drug-likeness (QED) is 0.871. The highest BCUT2D eigenvalue weighted by molar-refractivity contribution is 6.31. The molecule has 0 spiro atoms. The van der Waals surface area contributed by atoms with Crippen molar-refractivity contribution in [3.63, 3.8) is 0 Å². The zero-order valence-corrected chi connectivity index (χ0v) is 9.29. The van der Waals surface area contributed by atoms with Gasteiger partial charge in [0.1, 0.15) is 17.5 Å². The number of nitrogens with zero attached hydrogens (tertiary/aromatic N) is 2. The van der Waals surface area contributed by atoms with Crippen LogP contribution in [0.3, 0.4) is 0 Å². The van der Waals surface area contributed by atoms with Crippen LogP contribution in [0.1, 0.15) is 5.82 Å². The molecule has 0 aliphatic rings. The Labute approximate surface area is 97.3 Å². The summed E-state index contributed by atoms with van der Waals surface area (Å²) in [7, 11) is 0. The van der Waals surface area contributed by atoms with E-state index < -0.39 is 5.82 Å². The molecule has 0 unspecified atom stereocenters. The third kappa shape index (κ3) is 2.46. The number of aromatic nitrogens is 2. The summed E-state index contributed by atoms with van der Waals surface area (Å²) in [6.07, 6.45) is 1.65. The third-order valence-corrected chi connectivity index (χ3v) is 2.26. The standard InChI is InChI=1S/C11H9ClFN3/c1-7-14-5-4-11(15-7)16-8-2-3-10(13)9(12)6-8/h2-6H,1H3,(H,14,15,16). The molecule has 1 heterocycles. The number of hydrogen-bond acceptors (Lipinski definition) is 3. The highest BCUT2D eigenvalue weighted by atomic mass is 35.5. The molecule has 0 saturated heterocycles. The first-order chi connectivity index (χ1) is 7.65.